The van der Waals surface area contributed by atoms with Crippen molar-refractivity contribution in [3.8, 4) is 0 Å². The molecule has 0 spiro atoms. The van der Waals surface area contributed by atoms with E-state index in [4.69, 9.17) is 0 Å². The summed E-state index contributed by atoms with van der Waals surface area (Å²) in [6.07, 6.45) is 0.768. The Morgan fingerprint density at radius 2 is 2.27 bits per heavy atom. The summed E-state index contributed by atoms with van der Waals surface area (Å²) in [7, 11) is -1.90. The number of anilines is 1. The number of pyridine rings is 1. The van der Waals surface area contributed by atoms with Gasteiger partial charge in [0.05, 0.1) is 9.83 Å². The Balaban J connectivity index is 2.80. The zero-order valence-electron chi connectivity index (χ0n) is 7.87. The lowest BCUT2D eigenvalue weighted by Gasteiger charge is -2.05. The molecule has 0 aliphatic carbocycles. The molecule has 1 aromatic heterocycles. The molecule has 8 heteroatoms. The maximum atomic E-state index is 11.3. The summed E-state index contributed by atoms with van der Waals surface area (Å²) in [6, 6.07) is 5.22. The standard InChI is InChI=1S/C7H10N2O2S4/c1-2-6-4-3-5-7(8-6)9-15(10,11)14-13-12/h3-5,12H,2H2,1H3,(H,8,9). The molecule has 84 valence electrons. The third kappa shape index (κ3) is 4.54. The fourth-order valence-corrected chi connectivity index (χ4v) is 5.19. The molecule has 15 heavy (non-hydrogen) atoms. The van der Waals surface area contributed by atoms with E-state index in [0.29, 0.717) is 15.6 Å². The average Bonchev–Trinajstić information content (AvgIpc) is 2.17. The van der Waals surface area contributed by atoms with Crippen LogP contribution in [0.3, 0.4) is 0 Å². The van der Waals surface area contributed by atoms with Gasteiger partial charge in [0.2, 0.25) is 0 Å². The minimum atomic E-state index is -3.42. The summed E-state index contributed by atoms with van der Waals surface area (Å²) < 4.78 is 25.0. The number of aryl methyl sites for hydroxylation is 1. The van der Waals surface area contributed by atoms with E-state index >= 15 is 0 Å². The molecule has 1 rings (SSSR count). The van der Waals surface area contributed by atoms with Crippen molar-refractivity contribution in [2.24, 2.45) is 0 Å². The molecule has 0 saturated heterocycles. The molecule has 0 unspecified atom stereocenters. The summed E-state index contributed by atoms with van der Waals surface area (Å²) in [5.41, 5.74) is 0.846. The molecule has 1 aromatic rings. The molecular weight excluding hydrogens is 272 g/mol. The molecule has 0 fully saturated rings. The second kappa shape index (κ2) is 5.88. The van der Waals surface area contributed by atoms with Crippen molar-refractivity contribution >= 4 is 46.2 Å². The van der Waals surface area contributed by atoms with E-state index in [-0.39, 0.29) is 0 Å². The molecule has 1 N–H and O–H groups in total. The van der Waals surface area contributed by atoms with Crippen molar-refractivity contribution in [1.29, 1.82) is 0 Å². The van der Waals surface area contributed by atoms with Crippen LogP contribution in [0, 0.1) is 0 Å². The lowest BCUT2D eigenvalue weighted by molar-refractivity contribution is 0.615. The van der Waals surface area contributed by atoms with E-state index < -0.39 is 9.06 Å². The lowest BCUT2D eigenvalue weighted by atomic mass is 10.3. The Bertz CT molecular complexity index is 421. The van der Waals surface area contributed by atoms with Gasteiger partial charge < -0.3 is 0 Å². The van der Waals surface area contributed by atoms with Gasteiger partial charge in [-0.3, -0.25) is 4.72 Å². The highest BCUT2D eigenvalue weighted by atomic mass is 33.7. The van der Waals surface area contributed by atoms with Gasteiger partial charge in [0.1, 0.15) is 5.82 Å². The number of nitrogens with one attached hydrogen (secondary N) is 1. The van der Waals surface area contributed by atoms with E-state index in [1.807, 2.05) is 13.0 Å². The number of thiol groups is 1. The first-order valence-electron chi connectivity index (χ1n) is 4.06. The molecule has 0 amide bonds. The molecule has 0 saturated carbocycles. The Morgan fingerprint density at radius 1 is 1.53 bits per heavy atom. The summed E-state index contributed by atoms with van der Waals surface area (Å²) >= 11 is 3.76. The van der Waals surface area contributed by atoms with Crippen LogP contribution in [0.5, 0.6) is 0 Å². The second-order valence-electron chi connectivity index (χ2n) is 2.57. The third-order valence-electron chi connectivity index (χ3n) is 1.52. The van der Waals surface area contributed by atoms with Crippen LogP contribution in [0.15, 0.2) is 18.2 Å². The van der Waals surface area contributed by atoms with E-state index in [0.717, 1.165) is 21.9 Å². The first-order valence-corrected chi connectivity index (χ1v) is 9.26. The predicted molar refractivity (Wildman–Crippen MR) is 70.3 cm³/mol. The zero-order valence-corrected chi connectivity index (χ0v) is 11.2. The molecule has 0 aliphatic rings. The maximum absolute atomic E-state index is 11.3. The highest BCUT2D eigenvalue weighted by molar-refractivity contribution is 9.22. The summed E-state index contributed by atoms with van der Waals surface area (Å²) in [4.78, 5) is 4.12. The van der Waals surface area contributed by atoms with Crippen LogP contribution in [0.1, 0.15) is 12.6 Å². The third-order valence-corrected chi connectivity index (χ3v) is 6.99. The Labute approximate surface area is 101 Å². The van der Waals surface area contributed by atoms with Crippen molar-refractivity contribution in [2.75, 3.05) is 4.72 Å². The van der Waals surface area contributed by atoms with Gasteiger partial charge in [0, 0.05) is 5.69 Å². The zero-order chi connectivity index (χ0) is 11.3. The largest absolute Gasteiger partial charge is 0.298 e. The fourth-order valence-electron chi connectivity index (χ4n) is 0.918. The number of nitrogens with zero attached hydrogens (tertiary/aromatic N) is 1. The van der Waals surface area contributed by atoms with Gasteiger partial charge in [0.25, 0.3) is 9.06 Å². The van der Waals surface area contributed by atoms with Gasteiger partial charge in [-0.1, -0.05) is 24.7 Å². The molecule has 0 aliphatic heterocycles. The minimum Gasteiger partial charge on any atom is -0.258 e. The molecule has 4 nitrogen and oxygen atoms in total. The molecule has 0 bridgehead atoms. The summed E-state index contributed by atoms with van der Waals surface area (Å²) in [6.45, 7) is 1.96. The minimum absolute atomic E-state index is 0.337. The van der Waals surface area contributed by atoms with Crippen LogP contribution < -0.4 is 4.72 Å². The SMILES string of the molecule is CCc1cccc(NS(=O)(=O)SSS)n1. The Kier molecular flexibility index (Phi) is 5.10. The van der Waals surface area contributed by atoms with E-state index in [2.05, 4.69) is 21.4 Å². The van der Waals surface area contributed by atoms with Crippen molar-refractivity contribution in [1.82, 2.24) is 4.98 Å². The van der Waals surface area contributed by atoms with Gasteiger partial charge in [-0.05, 0) is 28.4 Å². The van der Waals surface area contributed by atoms with Crippen LogP contribution in [0.4, 0.5) is 5.82 Å². The molecule has 1 heterocycles. The average molecular weight is 282 g/mol. The molecular formula is C7H10N2O2S4. The van der Waals surface area contributed by atoms with Gasteiger partial charge in [0.15, 0.2) is 0 Å². The number of aromatic nitrogens is 1. The smallest absolute Gasteiger partial charge is 0.258 e. The monoisotopic (exact) mass is 282 g/mol. The van der Waals surface area contributed by atoms with E-state index in [9.17, 15) is 8.42 Å². The van der Waals surface area contributed by atoms with Crippen LogP contribution in [0.25, 0.3) is 0 Å². The van der Waals surface area contributed by atoms with Crippen LogP contribution >= 0.6 is 31.3 Å². The van der Waals surface area contributed by atoms with E-state index in [1.54, 1.807) is 12.1 Å². The van der Waals surface area contributed by atoms with Crippen LogP contribution in [-0.2, 0) is 15.5 Å². The maximum Gasteiger partial charge on any atom is 0.298 e. The first kappa shape index (κ1) is 13.0. The van der Waals surface area contributed by atoms with Crippen LogP contribution in [0.2, 0.25) is 0 Å². The second-order valence-corrected chi connectivity index (χ2v) is 8.70. The van der Waals surface area contributed by atoms with Crippen molar-refractivity contribution in [3.05, 3.63) is 23.9 Å². The molecule has 0 aromatic carbocycles. The molecule has 0 atom stereocenters. The quantitative estimate of drug-likeness (QED) is 0.642. The van der Waals surface area contributed by atoms with Crippen molar-refractivity contribution < 1.29 is 8.42 Å². The normalized spacial score (nSPS) is 11.3. The topological polar surface area (TPSA) is 59.1 Å². The fraction of sp³-hybridized carbons (Fsp3) is 0.286. The van der Waals surface area contributed by atoms with Gasteiger partial charge >= 0.3 is 0 Å². The van der Waals surface area contributed by atoms with Crippen molar-refractivity contribution in [2.45, 2.75) is 13.3 Å². The Hall–Kier alpha value is -0.0500. The Morgan fingerprint density at radius 3 is 2.87 bits per heavy atom. The van der Waals surface area contributed by atoms with Crippen molar-refractivity contribution in [3.63, 3.8) is 0 Å². The number of hydrogen-bond donors (Lipinski definition) is 2. The summed E-state index contributed by atoms with van der Waals surface area (Å²) in [5.74, 6) is 0.337. The van der Waals surface area contributed by atoms with Gasteiger partial charge in [-0.2, -0.15) is 8.42 Å². The lowest BCUT2D eigenvalue weighted by Crippen LogP contribution is -2.08. The summed E-state index contributed by atoms with van der Waals surface area (Å²) in [5, 5.41) is 0. The predicted octanol–water partition coefficient (Wildman–Crippen LogP) is 2.53. The number of hydrogen-bond acceptors (Lipinski definition) is 6. The molecule has 0 radical (unpaired) electrons. The van der Waals surface area contributed by atoms with Gasteiger partial charge in [-0.15, -0.1) is 0 Å². The first-order chi connectivity index (χ1) is 7.07. The highest BCUT2D eigenvalue weighted by Gasteiger charge is 2.11. The van der Waals surface area contributed by atoms with E-state index in [1.165, 1.54) is 0 Å². The van der Waals surface area contributed by atoms with Gasteiger partial charge in [-0.25, -0.2) is 4.98 Å². The number of rotatable bonds is 5. The van der Waals surface area contributed by atoms with Crippen LogP contribution in [-0.4, -0.2) is 13.4 Å². The highest BCUT2D eigenvalue weighted by Crippen LogP contribution is 2.31.